The van der Waals surface area contributed by atoms with Crippen molar-refractivity contribution in [3.05, 3.63) is 80.9 Å². The van der Waals surface area contributed by atoms with E-state index in [4.69, 9.17) is 21.1 Å². The number of Topliss-reactive ketones (excluding diaryl/α,β-unsaturated/α-hetero) is 2. The highest BCUT2D eigenvalue weighted by atomic mass is 35.5. The number of carbonyl (C=O) groups excluding carboxylic acids is 2. The summed E-state index contributed by atoms with van der Waals surface area (Å²) in [6.45, 7) is 5.38. The van der Waals surface area contributed by atoms with Gasteiger partial charge in [0.1, 0.15) is 12.4 Å². The van der Waals surface area contributed by atoms with Crippen molar-refractivity contribution < 1.29 is 23.5 Å². The van der Waals surface area contributed by atoms with Crippen molar-refractivity contribution >= 4 is 23.2 Å². The molecule has 3 aliphatic rings. The number of hydrogen-bond donors (Lipinski definition) is 0. The second kappa shape index (κ2) is 11.3. The molecule has 2 aromatic rings. The first-order valence-corrected chi connectivity index (χ1v) is 13.9. The van der Waals surface area contributed by atoms with Crippen LogP contribution in [0.25, 0.3) is 0 Å². The number of ether oxygens (including phenoxy) is 2. The maximum atomic E-state index is 13.5. The number of halogens is 2. The first-order chi connectivity index (χ1) is 18.4. The smallest absolute Gasteiger partial charge is 0.180 e. The largest absolute Gasteiger partial charge is 0.490 e. The molecule has 0 spiro atoms. The Kier molecular flexibility index (Phi) is 7.89. The van der Waals surface area contributed by atoms with E-state index in [1.165, 1.54) is 12.1 Å². The highest BCUT2D eigenvalue weighted by Crippen LogP contribution is 2.51. The minimum atomic E-state index is -0.462. The molecule has 0 amide bonds. The predicted octanol–water partition coefficient (Wildman–Crippen LogP) is 7.28. The average Bonchev–Trinajstić information content (AvgIpc) is 2.90. The number of allylic oxidation sites excluding steroid dienone is 4. The lowest BCUT2D eigenvalue weighted by molar-refractivity contribution is -0.117. The minimum Gasteiger partial charge on any atom is -0.490 e. The number of nitrogens with zero attached hydrogens (tertiary/aromatic N) is 1. The molecular weight excluding hydrogens is 505 g/mol. The zero-order valence-electron chi connectivity index (χ0n) is 21.9. The summed E-state index contributed by atoms with van der Waals surface area (Å²) < 4.78 is 25.3. The van der Waals surface area contributed by atoms with E-state index in [0.29, 0.717) is 36.0 Å². The summed E-state index contributed by atoms with van der Waals surface area (Å²) in [6, 6.07) is 9.77. The van der Waals surface area contributed by atoms with Crippen molar-refractivity contribution in [2.24, 2.45) is 0 Å². The van der Waals surface area contributed by atoms with Crippen molar-refractivity contribution in [2.45, 2.75) is 71.3 Å². The molecule has 0 fully saturated rings. The molecule has 0 atom stereocenters. The topological polar surface area (TPSA) is 55.8 Å². The monoisotopic (exact) mass is 537 g/mol. The normalized spacial score (nSPS) is 18.1. The van der Waals surface area contributed by atoms with Gasteiger partial charge in [-0.15, -0.1) is 0 Å². The van der Waals surface area contributed by atoms with Gasteiger partial charge in [0.25, 0.3) is 0 Å². The van der Waals surface area contributed by atoms with Gasteiger partial charge in [0, 0.05) is 47.8 Å². The Hall–Kier alpha value is -3.12. The van der Waals surface area contributed by atoms with Crippen LogP contribution in [0, 0.1) is 5.82 Å². The fourth-order valence-electron chi connectivity index (χ4n) is 5.94. The maximum absolute atomic E-state index is 13.5. The van der Waals surface area contributed by atoms with Gasteiger partial charge in [-0.25, -0.2) is 4.39 Å². The molecule has 7 heteroatoms. The molecule has 0 bridgehead atoms. The molecule has 0 unspecified atom stereocenters. The lowest BCUT2D eigenvalue weighted by atomic mass is 9.71. The van der Waals surface area contributed by atoms with Gasteiger partial charge in [0.2, 0.25) is 0 Å². The standard InChI is InChI=1S/C31H33ClFNO4/c1-3-15-34-23-7-5-9-25(35)29(23)28(30-24(34)8-6-10-26(30)36)20-16-22(32)31(27(17-20)37-4-2)38-18-19-11-13-21(33)14-12-19/h11-14,16-17,28H,3-10,15,18H2,1-2H3. The van der Waals surface area contributed by atoms with Crippen LogP contribution in [0.1, 0.15) is 75.8 Å². The molecule has 0 radical (unpaired) electrons. The molecule has 38 heavy (non-hydrogen) atoms. The predicted molar refractivity (Wildman–Crippen MR) is 145 cm³/mol. The fourth-order valence-corrected chi connectivity index (χ4v) is 6.21. The second-order valence-electron chi connectivity index (χ2n) is 10.0. The van der Waals surface area contributed by atoms with Crippen molar-refractivity contribution in [1.82, 2.24) is 4.90 Å². The number of ketones is 2. The third-order valence-corrected chi connectivity index (χ3v) is 7.78. The maximum Gasteiger partial charge on any atom is 0.180 e. The zero-order valence-corrected chi connectivity index (χ0v) is 22.7. The van der Waals surface area contributed by atoms with Crippen molar-refractivity contribution in [3.63, 3.8) is 0 Å². The lowest BCUT2D eigenvalue weighted by Crippen LogP contribution is -2.39. The van der Waals surface area contributed by atoms with Gasteiger partial charge in [0.05, 0.1) is 11.6 Å². The Labute approximate surface area is 228 Å². The van der Waals surface area contributed by atoms with Crippen LogP contribution < -0.4 is 9.47 Å². The summed E-state index contributed by atoms with van der Waals surface area (Å²) in [5.74, 6) is 0.285. The van der Waals surface area contributed by atoms with Gasteiger partial charge in [-0.3, -0.25) is 9.59 Å². The molecule has 0 N–H and O–H groups in total. The van der Waals surface area contributed by atoms with Crippen LogP contribution in [0.3, 0.4) is 0 Å². The van der Waals surface area contributed by atoms with E-state index in [-0.39, 0.29) is 24.0 Å². The number of rotatable bonds is 8. The summed E-state index contributed by atoms with van der Waals surface area (Å²) in [6.07, 6.45) is 5.19. The van der Waals surface area contributed by atoms with E-state index < -0.39 is 5.92 Å². The Balaban J connectivity index is 1.60. The van der Waals surface area contributed by atoms with Crippen molar-refractivity contribution in [1.29, 1.82) is 0 Å². The van der Waals surface area contributed by atoms with Crippen LogP contribution in [0.15, 0.2) is 58.9 Å². The van der Waals surface area contributed by atoms with Crippen LogP contribution >= 0.6 is 11.6 Å². The van der Waals surface area contributed by atoms with E-state index in [2.05, 4.69) is 11.8 Å². The molecule has 5 rings (SSSR count). The molecule has 0 saturated heterocycles. The molecule has 0 aromatic heterocycles. The van der Waals surface area contributed by atoms with Crippen LogP contribution in [-0.4, -0.2) is 29.6 Å². The van der Waals surface area contributed by atoms with E-state index in [0.717, 1.165) is 72.3 Å². The van der Waals surface area contributed by atoms with Gasteiger partial charge < -0.3 is 14.4 Å². The van der Waals surface area contributed by atoms with E-state index in [1.54, 1.807) is 12.1 Å². The zero-order chi connectivity index (χ0) is 26.8. The first kappa shape index (κ1) is 26.5. The molecule has 5 nitrogen and oxygen atoms in total. The second-order valence-corrected chi connectivity index (χ2v) is 10.4. The van der Waals surface area contributed by atoms with E-state index in [9.17, 15) is 14.0 Å². The molecule has 2 aromatic carbocycles. The van der Waals surface area contributed by atoms with Gasteiger partial charge in [-0.2, -0.15) is 0 Å². The van der Waals surface area contributed by atoms with Gasteiger partial charge in [0.15, 0.2) is 23.1 Å². The van der Waals surface area contributed by atoms with Gasteiger partial charge in [-0.05, 0) is 74.4 Å². The van der Waals surface area contributed by atoms with Crippen LogP contribution in [-0.2, 0) is 16.2 Å². The minimum absolute atomic E-state index is 0.105. The lowest BCUT2D eigenvalue weighted by Gasteiger charge is -2.44. The van der Waals surface area contributed by atoms with E-state index >= 15 is 0 Å². The SMILES string of the molecule is CCCN1C2=C(C(=O)CCC2)C(c2cc(Cl)c(OCc3ccc(F)cc3)c(OCC)c2)C2=C1CCCC2=O. The van der Waals surface area contributed by atoms with Gasteiger partial charge >= 0.3 is 0 Å². The number of benzene rings is 2. The molecule has 1 heterocycles. The van der Waals surface area contributed by atoms with Crippen LogP contribution in [0.2, 0.25) is 5.02 Å². The van der Waals surface area contributed by atoms with Crippen molar-refractivity contribution in [2.75, 3.05) is 13.2 Å². The first-order valence-electron chi connectivity index (χ1n) is 13.6. The summed E-state index contributed by atoms with van der Waals surface area (Å²) >= 11 is 6.81. The molecule has 1 aliphatic heterocycles. The third-order valence-electron chi connectivity index (χ3n) is 7.50. The van der Waals surface area contributed by atoms with Gasteiger partial charge in [-0.1, -0.05) is 30.7 Å². The summed E-state index contributed by atoms with van der Waals surface area (Å²) in [4.78, 5) is 29.2. The summed E-state index contributed by atoms with van der Waals surface area (Å²) in [5, 5.41) is 0.347. The summed E-state index contributed by atoms with van der Waals surface area (Å²) in [5.41, 5.74) is 5.16. The highest BCUT2D eigenvalue weighted by Gasteiger charge is 2.43. The Morgan fingerprint density at radius 1 is 0.921 bits per heavy atom. The quantitative estimate of drug-likeness (QED) is 0.354. The van der Waals surface area contributed by atoms with Crippen LogP contribution in [0.5, 0.6) is 11.5 Å². The van der Waals surface area contributed by atoms with Crippen LogP contribution in [0.4, 0.5) is 4.39 Å². The Bertz CT molecular complexity index is 1270. The molecular formula is C31H33ClFNO4. The molecule has 0 saturated carbocycles. The average molecular weight is 538 g/mol. The summed E-state index contributed by atoms with van der Waals surface area (Å²) in [7, 11) is 0. The number of carbonyl (C=O) groups is 2. The Morgan fingerprint density at radius 3 is 2.13 bits per heavy atom. The molecule has 200 valence electrons. The highest BCUT2D eigenvalue weighted by molar-refractivity contribution is 6.32. The number of hydrogen-bond acceptors (Lipinski definition) is 5. The van der Waals surface area contributed by atoms with Crippen molar-refractivity contribution in [3.8, 4) is 11.5 Å². The third kappa shape index (κ3) is 4.98. The fraction of sp³-hybridized carbons (Fsp3) is 0.419. The molecule has 2 aliphatic carbocycles. The van der Waals surface area contributed by atoms with E-state index in [1.807, 2.05) is 19.1 Å². The Morgan fingerprint density at radius 2 is 1.55 bits per heavy atom.